The van der Waals surface area contributed by atoms with Gasteiger partial charge in [0.1, 0.15) is 11.6 Å². The lowest BCUT2D eigenvalue weighted by Gasteiger charge is -2.08. The summed E-state index contributed by atoms with van der Waals surface area (Å²) in [5.41, 5.74) is 4.67. The van der Waals surface area contributed by atoms with Crippen molar-refractivity contribution in [1.82, 2.24) is 0 Å². The molecule has 0 aromatic heterocycles. The number of hydrogen-bond donors (Lipinski definition) is 2. The van der Waals surface area contributed by atoms with Crippen molar-refractivity contribution in [1.29, 1.82) is 0 Å². The van der Waals surface area contributed by atoms with E-state index in [0.717, 1.165) is 6.07 Å². The molecule has 0 fully saturated rings. The van der Waals surface area contributed by atoms with Crippen molar-refractivity contribution in [2.75, 3.05) is 7.11 Å². The molecule has 4 nitrogen and oxygen atoms in total. The highest BCUT2D eigenvalue weighted by Gasteiger charge is 2.18. The third-order valence-electron chi connectivity index (χ3n) is 1.77. The van der Waals surface area contributed by atoms with Crippen molar-refractivity contribution in [3.8, 4) is 5.75 Å². The zero-order valence-electron chi connectivity index (χ0n) is 7.53. The molecule has 0 saturated heterocycles. The Morgan fingerprint density at radius 1 is 1.64 bits per heavy atom. The van der Waals surface area contributed by atoms with Crippen LogP contribution >= 0.6 is 0 Å². The van der Waals surface area contributed by atoms with Gasteiger partial charge in [-0.2, -0.15) is 0 Å². The number of aliphatic hydroxyl groups is 1. The molecule has 1 aromatic carbocycles. The summed E-state index contributed by atoms with van der Waals surface area (Å²) in [6.07, 6.45) is -1.62. The molecule has 0 aliphatic carbocycles. The first kappa shape index (κ1) is 10.5. The highest BCUT2D eigenvalue weighted by atomic mass is 19.1. The topological polar surface area (TPSA) is 72.6 Å². The number of benzene rings is 1. The first-order valence-electron chi connectivity index (χ1n) is 3.87. The molecule has 1 amide bonds. The Morgan fingerprint density at radius 2 is 2.29 bits per heavy atom. The fraction of sp³-hybridized carbons (Fsp3) is 0.222. The van der Waals surface area contributed by atoms with E-state index in [1.807, 2.05) is 0 Å². The summed E-state index contributed by atoms with van der Waals surface area (Å²) < 4.78 is 18.0. The van der Waals surface area contributed by atoms with Crippen LogP contribution < -0.4 is 10.5 Å². The Balaban J connectivity index is 3.05. The third kappa shape index (κ3) is 2.00. The fourth-order valence-corrected chi connectivity index (χ4v) is 1.01. The fourth-order valence-electron chi connectivity index (χ4n) is 1.01. The summed E-state index contributed by atoms with van der Waals surface area (Å²) in [7, 11) is 1.39. The Morgan fingerprint density at radius 3 is 2.71 bits per heavy atom. The van der Waals surface area contributed by atoms with Crippen molar-refractivity contribution < 1.29 is 19.0 Å². The number of aliphatic hydroxyl groups excluding tert-OH is 1. The predicted octanol–water partition coefficient (Wildman–Crippen LogP) is 0.353. The summed E-state index contributed by atoms with van der Waals surface area (Å²) in [5.74, 6) is -1.41. The van der Waals surface area contributed by atoms with Crippen LogP contribution in [0, 0.1) is 5.82 Å². The van der Waals surface area contributed by atoms with E-state index >= 15 is 0 Å². The number of ether oxygens (including phenoxy) is 1. The molecule has 0 radical (unpaired) electrons. The molecule has 0 heterocycles. The summed E-state index contributed by atoms with van der Waals surface area (Å²) in [6, 6.07) is 3.76. The van der Waals surface area contributed by atoms with E-state index in [-0.39, 0.29) is 5.56 Å². The van der Waals surface area contributed by atoms with Crippen molar-refractivity contribution in [2.24, 2.45) is 5.73 Å². The van der Waals surface area contributed by atoms with Gasteiger partial charge in [0.15, 0.2) is 6.10 Å². The first-order chi connectivity index (χ1) is 6.56. The van der Waals surface area contributed by atoms with E-state index in [0.29, 0.717) is 5.75 Å². The van der Waals surface area contributed by atoms with Crippen LogP contribution in [0.5, 0.6) is 5.75 Å². The molecule has 0 saturated carbocycles. The number of primary amides is 1. The summed E-state index contributed by atoms with van der Waals surface area (Å²) >= 11 is 0. The molecule has 14 heavy (non-hydrogen) atoms. The maximum atomic E-state index is 13.2. The van der Waals surface area contributed by atoms with Crippen LogP contribution in [0.2, 0.25) is 0 Å². The lowest BCUT2D eigenvalue weighted by Crippen LogP contribution is -2.21. The number of nitrogens with two attached hydrogens (primary N) is 1. The van der Waals surface area contributed by atoms with Gasteiger partial charge >= 0.3 is 0 Å². The Labute approximate surface area is 80.1 Å². The second-order valence-corrected chi connectivity index (χ2v) is 2.69. The minimum Gasteiger partial charge on any atom is -0.497 e. The molecule has 3 N–H and O–H groups in total. The van der Waals surface area contributed by atoms with Crippen LogP contribution in [-0.2, 0) is 4.79 Å². The predicted molar refractivity (Wildman–Crippen MR) is 47.1 cm³/mol. The number of methoxy groups -OCH3 is 1. The molecule has 0 spiro atoms. The number of rotatable bonds is 3. The van der Waals surface area contributed by atoms with Crippen LogP contribution in [0.4, 0.5) is 4.39 Å². The van der Waals surface area contributed by atoms with Crippen molar-refractivity contribution in [3.63, 3.8) is 0 Å². The molecule has 0 bridgehead atoms. The van der Waals surface area contributed by atoms with Crippen LogP contribution in [0.25, 0.3) is 0 Å². The average Bonchev–Trinajstić information content (AvgIpc) is 2.16. The molecule has 0 aliphatic heterocycles. The summed E-state index contributed by atoms with van der Waals surface area (Å²) in [5, 5.41) is 9.19. The molecule has 1 atom stereocenters. The Kier molecular flexibility index (Phi) is 3.03. The standard InChI is InChI=1S/C9H10FNO3/c1-14-5-2-3-6(7(10)4-5)8(12)9(11)13/h2-4,8,12H,1H3,(H2,11,13). The quantitative estimate of drug-likeness (QED) is 0.737. The molecule has 1 aromatic rings. The van der Waals surface area contributed by atoms with E-state index < -0.39 is 17.8 Å². The van der Waals surface area contributed by atoms with Crippen molar-refractivity contribution >= 4 is 5.91 Å². The lowest BCUT2D eigenvalue weighted by atomic mass is 10.1. The molecule has 1 rings (SSSR count). The minimum absolute atomic E-state index is 0.154. The van der Waals surface area contributed by atoms with Gasteiger partial charge in [0, 0.05) is 11.6 Å². The monoisotopic (exact) mass is 199 g/mol. The maximum Gasteiger partial charge on any atom is 0.251 e. The van der Waals surface area contributed by atoms with Gasteiger partial charge in [-0.3, -0.25) is 4.79 Å². The van der Waals surface area contributed by atoms with Gasteiger partial charge in [-0.05, 0) is 12.1 Å². The van der Waals surface area contributed by atoms with Gasteiger partial charge in [-0.15, -0.1) is 0 Å². The number of hydrogen-bond acceptors (Lipinski definition) is 3. The second-order valence-electron chi connectivity index (χ2n) is 2.69. The summed E-state index contributed by atoms with van der Waals surface area (Å²) in [6.45, 7) is 0. The van der Waals surface area contributed by atoms with Gasteiger partial charge in [-0.25, -0.2) is 4.39 Å². The second kappa shape index (κ2) is 4.06. The zero-order valence-corrected chi connectivity index (χ0v) is 7.53. The number of amides is 1. The number of carbonyl (C=O) groups is 1. The average molecular weight is 199 g/mol. The van der Waals surface area contributed by atoms with Gasteiger partial charge < -0.3 is 15.6 Å². The minimum atomic E-state index is -1.62. The van der Waals surface area contributed by atoms with Crippen LogP contribution in [-0.4, -0.2) is 18.1 Å². The third-order valence-corrected chi connectivity index (χ3v) is 1.77. The molecule has 1 unspecified atom stereocenters. The van der Waals surface area contributed by atoms with Gasteiger partial charge in [0.2, 0.25) is 0 Å². The highest BCUT2D eigenvalue weighted by molar-refractivity contribution is 5.80. The van der Waals surface area contributed by atoms with Crippen molar-refractivity contribution in [2.45, 2.75) is 6.10 Å². The zero-order chi connectivity index (χ0) is 10.7. The van der Waals surface area contributed by atoms with E-state index in [2.05, 4.69) is 0 Å². The molecule has 76 valence electrons. The molecular formula is C9H10FNO3. The van der Waals surface area contributed by atoms with Crippen LogP contribution in [0.3, 0.4) is 0 Å². The van der Waals surface area contributed by atoms with Crippen LogP contribution in [0.15, 0.2) is 18.2 Å². The van der Waals surface area contributed by atoms with E-state index in [1.54, 1.807) is 0 Å². The van der Waals surface area contributed by atoms with Crippen LogP contribution in [0.1, 0.15) is 11.7 Å². The molecule has 5 heteroatoms. The van der Waals surface area contributed by atoms with Crippen molar-refractivity contribution in [3.05, 3.63) is 29.6 Å². The Hall–Kier alpha value is -1.62. The van der Waals surface area contributed by atoms with E-state index in [4.69, 9.17) is 10.5 Å². The highest BCUT2D eigenvalue weighted by Crippen LogP contribution is 2.21. The number of carbonyl (C=O) groups excluding carboxylic acids is 1. The van der Waals surface area contributed by atoms with Gasteiger partial charge in [-0.1, -0.05) is 0 Å². The first-order valence-corrected chi connectivity index (χ1v) is 3.87. The number of halogens is 1. The molecular weight excluding hydrogens is 189 g/mol. The lowest BCUT2D eigenvalue weighted by molar-refractivity contribution is -0.126. The normalized spacial score (nSPS) is 12.2. The Bertz CT molecular complexity index is 354. The SMILES string of the molecule is COc1ccc(C(O)C(N)=O)c(F)c1. The van der Waals surface area contributed by atoms with Gasteiger partial charge in [0.05, 0.1) is 7.11 Å². The van der Waals surface area contributed by atoms with E-state index in [9.17, 15) is 14.3 Å². The van der Waals surface area contributed by atoms with Gasteiger partial charge in [0.25, 0.3) is 5.91 Å². The smallest absolute Gasteiger partial charge is 0.251 e. The molecule has 0 aliphatic rings. The van der Waals surface area contributed by atoms with E-state index in [1.165, 1.54) is 19.2 Å². The maximum absolute atomic E-state index is 13.2. The summed E-state index contributed by atoms with van der Waals surface area (Å²) in [4.78, 5) is 10.6. The largest absolute Gasteiger partial charge is 0.497 e.